The van der Waals surface area contributed by atoms with Gasteiger partial charge in [0.25, 0.3) is 11.8 Å². The zero-order valence-corrected chi connectivity index (χ0v) is 15.5. The fraction of sp³-hybridized carbons (Fsp3) is 0.263. The number of hydrogen-bond acceptors (Lipinski definition) is 5. The van der Waals surface area contributed by atoms with E-state index in [4.69, 9.17) is 14.2 Å². The minimum absolute atomic E-state index is 0.0198. The first kappa shape index (κ1) is 20.0. The van der Waals surface area contributed by atoms with Crippen molar-refractivity contribution in [2.75, 3.05) is 14.2 Å². The molecule has 0 saturated carbocycles. The molecule has 0 aliphatic carbocycles. The fourth-order valence-electron chi connectivity index (χ4n) is 2.23. The van der Waals surface area contributed by atoms with Crippen LogP contribution in [0.2, 0.25) is 0 Å². The maximum Gasteiger partial charge on any atom is 0.269 e. The predicted octanol–water partition coefficient (Wildman–Crippen LogP) is 2.70. The minimum atomic E-state index is -0.679. The second kappa shape index (κ2) is 8.88. The van der Waals surface area contributed by atoms with Crippen LogP contribution < -0.4 is 25.1 Å². The summed E-state index contributed by atoms with van der Waals surface area (Å²) < 4.78 is 29.3. The lowest BCUT2D eigenvalue weighted by atomic mass is 10.2. The first-order valence-electron chi connectivity index (χ1n) is 8.14. The van der Waals surface area contributed by atoms with Crippen LogP contribution >= 0.6 is 0 Å². The van der Waals surface area contributed by atoms with Crippen LogP contribution in [0.4, 0.5) is 4.39 Å². The topological polar surface area (TPSA) is 85.9 Å². The van der Waals surface area contributed by atoms with Crippen LogP contribution in [0.5, 0.6) is 17.2 Å². The second-order valence-electron chi connectivity index (χ2n) is 5.79. The number of benzene rings is 2. The van der Waals surface area contributed by atoms with E-state index >= 15 is 0 Å². The van der Waals surface area contributed by atoms with Crippen LogP contribution in [0.1, 0.15) is 34.6 Å². The van der Waals surface area contributed by atoms with Crippen LogP contribution in [-0.2, 0) is 0 Å². The van der Waals surface area contributed by atoms with Crippen molar-refractivity contribution in [3.05, 3.63) is 53.3 Å². The molecule has 2 amide bonds. The van der Waals surface area contributed by atoms with Crippen molar-refractivity contribution in [2.24, 2.45) is 0 Å². The average molecular weight is 376 g/mol. The monoisotopic (exact) mass is 376 g/mol. The van der Waals surface area contributed by atoms with Gasteiger partial charge in [-0.05, 0) is 50.2 Å². The largest absolute Gasteiger partial charge is 0.494 e. The lowest BCUT2D eigenvalue weighted by Gasteiger charge is -2.14. The molecule has 2 rings (SSSR count). The molecule has 2 N–H and O–H groups in total. The van der Waals surface area contributed by atoms with Gasteiger partial charge >= 0.3 is 0 Å². The fourth-order valence-corrected chi connectivity index (χ4v) is 2.23. The van der Waals surface area contributed by atoms with Crippen LogP contribution in [-0.4, -0.2) is 32.1 Å². The molecular weight excluding hydrogens is 355 g/mol. The molecule has 0 radical (unpaired) electrons. The maximum absolute atomic E-state index is 13.7. The van der Waals surface area contributed by atoms with E-state index < -0.39 is 17.6 Å². The quantitative estimate of drug-likeness (QED) is 0.757. The third-order valence-corrected chi connectivity index (χ3v) is 3.49. The van der Waals surface area contributed by atoms with Gasteiger partial charge in [-0.2, -0.15) is 0 Å². The van der Waals surface area contributed by atoms with Crippen molar-refractivity contribution in [1.82, 2.24) is 10.9 Å². The van der Waals surface area contributed by atoms with Gasteiger partial charge in [0, 0.05) is 11.1 Å². The highest BCUT2D eigenvalue weighted by Gasteiger charge is 2.14. The number of rotatable bonds is 6. The van der Waals surface area contributed by atoms with Gasteiger partial charge in [0.2, 0.25) is 0 Å². The standard InChI is InChI=1S/C19H21FN2O5/c1-11(2)27-16-8-6-13(10-17(16)26-4)19(24)22-21-18(23)12-5-7-15(25-3)14(20)9-12/h5-11H,1-4H3,(H,21,23)(H,22,24). The summed E-state index contributed by atoms with van der Waals surface area (Å²) in [5.74, 6) is -1.00. The molecule has 144 valence electrons. The Balaban J connectivity index is 2.04. The molecule has 0 heterocycles. The number of nitrogens with one attached hydrogen (secondary N) is 2. The molecule has 0 atom stereocenters. The number of ether oxygens (including phenoxy) is 3. The van der Waals surface area contributed by atoms with Crippen molar-refractivity contribution >= 4 is 11.8 Å². The van der Waals surface area contributed by atoms with Gasteiger partial charge in [0.05, 0.1) is 20.3 Å². The highest BCUT2D eigenvalue weighted by Crippen LogP contribution is 2.28. The Morgan fingerprint density at radius 3 is 1.85 bits per heavy atom. The van der Waals surface area contributed by atoms with Crippen LogP contribution in [0, 0.1) is 5.82 Å². The normalized spacial score (nSPS) is 10.3. The summed E-state index contributed by atoms with van der Waals surface area (Å²) in [5.41, 5.74) is 4.78. The average Bonchev–Trinajstić information content (AvgIpc) is 2.65. The van der Waals surface area contributed by atoms with E-state index in [-0.39, 0.29) is 23.0 Å². The number of hydrazine groups is 1. The molecule has 2 aromatic carbocycles. The second-order valence-corrected chi connectivity index (χ2v) is 5.79. The molecule has 0 saturated heterocycles. The highest BCUT2D eigenvalue weighted by atomic mass is 19.1. The number of hydrogen-bond donors (Lipinski definition) is 2. The molecule has 0 aliphatic heterocycles. The molecule has 0 bridgehead atoms. The highest BCUT2D eigenvalue weighted by molar-refractivity contribution is 5.99. The summed E-state index contributed by atoms with van der Waals surface area (Å²) in [6.45, 7) is 3.75. The van der Waals surface area contributed by atoms with Crippen LogP contribution in [0.3, 0.4) is 0 Å². The summed E-state index contributed by atoms with van der Waals surface area (Å²) in [5, 5.41) is 0. The summed E-state index contributed by atoms with van der Waals surface area (Å²) in [4.78, 5) is 24.3. The van der Waals surface area contributed by atoms with Crippen molar-refractivity contribution in [3.63, 3.8) is 0 Å². The van der Waals surface area contributed by atoms with E-state index in [1.807, 2.05) is 13.8 Å². The van der Waals surface area contributed by atoms with Gasteiger partial charge in [0.1, 0.15) is 0 Å². The van der Waals surface area contributed by atoms with E-state index in [0.717, 1.165) is 6.07 Å². The molecule has 27 heavy (non-hydrogen) atoms. The van der Waals surface area contributed by atoms with E-state index in [0.29, 0.717) is 11.5 Å². The van der Waals surface area contributed by atoms with Gasteiger partial charge in [-0.25, -0.2) is 4.39 Å². The van der Waals surface area contributed by atoms with E-state index in [1.165, 1.54) is 38.5 Å². The third-order valence-electron chi connectivity index (χ3n) is 3.49. The van der Waals surface area contributed by atoms with E-state index in [9.17, 15) is 14.0 Å². The van der Waals surface area contributed by atoms with Crippen molar-refractivity contribution < 1.29 is 28.2 Å². The maximum atomic E-state index is 13.7. The Bertz CT molecular complexity index is 839. The number of carbonyl (C=O) groups is 2. The number of halogens is 1. The summed E-state index contributed by atoms with van der Waals surface area (Å²) in [6, 6.07) is 8.35. The first-order valence-corrected chi connectivity index (χ1v) is 8.14. The molecule has 0 aliphatic rings. The van der Waals surface area contributed by atoms with Crippen LogP contribution in [0.15, 0.2) is 36.4 Å². The Morgan fingerprint density at radius 1 is 0.852 bits per heavy atom. The SMILES string of the molecule is COc1ccc(C(=O)NNC(=O)c2ccc(OC(C)C)c(OC)c2)cc1F. The van der Waals surface area contributed by atoms with Crippen molar-refractivity contribution in [2.45, 2.75) is 20.0 Å². The van der Waals surface area contributed by atoms with Crippen LogP contribution in [0.25, 0.3) is 0 Å². The summed E-state index contributed by atoms with van der Waals surface area (Å²) in [6.07, 6.45) is -0.0530. The number of methoxy groups -OCH3 is 2. The number of amides is 2. The Labute approximate surface area is 156 Å². The molecule has 2 aromatic rings. The van der Waals surface area contributed by atoms with Gasteiger partial charge in [-0.15, -0.1) is 0 Å². The smallest absolute Gasteiger partial charge is 0.269 e. The molecule has 0 aromatic heterocycles. The Kier molecular flexibility index (Phi) is 6.59. The number of carbonyl (C=O) groups excluding carboxylic acids is 2. The van der Waals surface area contributed by atoms with Gasteiger partial charge < -0.3 is 14.2 Å². The molecular formula is C19H21FN2O5. The van der Waals surface area contributed by atoms with Gasteiger partial charge in [0.15, 0.2) is 23.1 Å². The van der Waals surface area contributed by atoms with E-state index in [1.54, 1.807) is 6.07 Å². The minimum Gasteiger partial charge on any atom is -0.494 e. The zero-order chi connectivity index (χ0) is 20.0. The Morgan fingerprint density at radius 2 is 1.37 bits per heavy atom. The Hall–Kier alpha value is -3.29. The predicted molar refractivity (Wildman–Crippen MR) is 96.6 cm³/mol. The lowest BCUT2D eigenvalue weighted by Crippen LogP contribution is -2.41. The molecule has 0 spiro atoms. The third kappa shape index (κ3) is 5.10. The molecule has 7 nitrogen and oxygen atoms in total. The zero-order valence-electron chi connectivity index (χ0n) is 15.5. The molecule has 0 fully saturated rings. The lowest BCUT2D eigenvalue weighted by molar-refractivity contribution is 0.0846. The molecule has 8 heteroatoms. The first-order chi connectivity index (χ1) is 12.8. The summed E-state index contributed by atoms with van der Waals surface area (Å²) in [7, 11) is 2.79. The summed E-state index contributed by atoms with van der Waals surface area (Å²) >= 11 is 0. The molecule has 0 unspecified atom stereocenters. The van der Waals surface area contributed by atoms with E-state index in [2.05, 4.69) is 10.9 Å². The van der Waals surface area contributed by atoms with Gasteiger partial charge in [-0.3, -0.25) is 20.4 Å². The van der Waals surface area contributed by atoms with Crippen molar-refractivity contribution in [1.29, 1.82) is 0 Å². The van der Waals surface area contributed by atoms with Crippen molar-refractivity contribution in [3.8, 4) is 17.2 Å². The van der Waals surface area contributed by atoms with Gasteiger partial charge in [-0.1, -0.05) is 0 Å².